The predicted molar refractivity (Wildman–Crippen MR) is 114 cm³/mol. The first-order valence-electron chi connectivity index (χ1n) is 10.3. The number of amides is 1. The number of benzene rings is 2. The van der Waals surface area contributed by atoms with Gasteiger partial charge in [-0.25, -0.2) is 0 Å². The van der Waals surface area contributed by atoms with Crippen LogP contribution in [0.4, 0.5) is 11.4 Å². The van der Waals surface area contributed by atoms with E-state index in [1.807, 2.05) is 62.1 Å². The molecule has 5 nitrogen and oxygen atoms in total. The SMILES string of the molecule is Cc1ccc(C(=O)NC2CC2)cc1N(CCO)c1ccc2c(c1)CC(C)(C)C2=O. The summed E-state index contributed by atoms with van der Waals surface area (Å²) in [6.45, 7) is 6.35. The van der Waals surface area contributed by atoms with Crippen molar-refractivity contribution in [3.05, 3.63) is 58.7 Å². The lowest BCUT2D eigenvalue weighted by Gasteiger charge is -2.27. The molecule has 0 bridgehead atoms. The third-order valence-electron chi connectivity index (χ3n) is 5.89. The molecule has 0 aromatic heterocycles. The second kappa shape index (κ2) is 7.30. The van der Waals surface area contributed by atoms with Crippen molar-refractivity contribution in [3.63, 3.8) is 0 Å². The molecule has 0 radical (unpaired) electrons. The molecular formula is C24H28N2O3. The van der Waals surface area contributed by atoms with Gasteiger partial charge < -0.3 is 15.3 Å². The van der Waals surface area contributed by atoms with Crippen molar-refractivity contribution in [2.45, 2.75) is 46.1 Å². The first-order valence-corrected chi connectivity index (χ1v) is 10.3. The standard InChI is InChI=1S/C24H28N2O3/c1-15-4-5-16(23(29)25-18-6-7-18)13-21(15)26(10-11-27)19-8-9-20-17(12-19)14-24(2,3)22(20)28/h4-5,8-9,12-13,18,27H,6-7,10-11,14H2,1-3H3,(H,25,29). The lowest BCUT2D eigenvalue weighted by molar-refractivity contribution is 0.0863. The summed E-state index contributed by atoms with van der Waals surface area (Å²) in [4.78, 5) is 27.1. The van der Waals surface area contributed by atoms with Gasteiger partial charge in [-0.1, -0.05) is 19.9 Å². The number of hydrogen-bond donors (Lipinski definition) is 2. The number of anilines is 2. The number of aliphatic hydroxyl groups excluding tert-OH is 1. The Kier molecular flexibility index (Phi) is 4.95. The fraction of sp³-hybridized carbons (Fsp3) is 0.417. The van der Waals surface area contributed by atoms with Crippen molar-refractivity contribution in [2.24, 2.45) is 5.41 Å². The van der Waals surface area contributed by atoms with Gasteiger partial charge in [-0.15, -0.1) is 0 Å². The molecule has 0 saturated heterocycles. The minimum atomic E-state index is -0.375. The molecule has 29 heavy (non-hydrogen) atoms. The van der Waals surface area contributed by atoms with Crippen LogP contribution in [0.2, 0.25) is 0 Å². The highest BCUT2D eigenvalue weighted by molar-refractivity contribution is 6.05. The van der Waals surface area contributed by atoms with E-state index >= 15 is 0 Å². The molecule has 2 aliphatic carbocycles. The van der Waals surface area contributed by atoms with E-state index in [4.69, 9.17) is 0 Å². The Morgan fingerprint density at radius 3 is 2.66 bits per heavy atom. The lowest BCUT2D eigenvalue weighted by Crippen LogP contribution is -2.26. The van der Waals surface area contributed by atoms with Gasteiger partial charge in [-0.2, -0.15) is 0 Å². The molecule has 1 saturated carbocycles. The van der Waals surface area contributed by atoms with Crippen molar-refractivity contribution in [1.82, 2.24) is 5.32 Å². The van der Waals surface area contributed by atoms with Gasteiger partial charge in [-0.3, -0.25) is 9.59 Å². The molecule has 0 unspecified atom stereocenters. The summed E-state index contributed by atoms with van der Waals surface area (Å²) in [6.07, 6.45) is 2.81. The third-order valence-corrected chi connectivity index (χ3v) is 5.89. The fourth-order valence-corrected chi connectivity index (χ4v) is 4.06. The van der Waals surface area contributed by atoms with Crippen LogP contribution in [-0.2, 0) is 6.42 Å². The Balaban J connectivity index is 1.70. The van der Waals surface area contributed by atoms with Crippen LogP contribution in [0.25, 0.3) is 0 Å². The number of aliphatic hydroxyl groups is 1. The number of nitrogens with zero attached hydrogens (tertiary/aromatic N) is 1. The summed E-state index contributed by atoms with van der Waals surface area (Å²) in [5, 5.41) is 12.7. The Hall–Kier alpha value is -2.66. The van der Waals surface area contributed by atoms with Gasteiger partial charge in [0.1, 0.15) is 0 Å². The van der Waals surface area contributed by atoms with E-state index in [2.05, 4.69) is 5.32 Å². The first-order chi connectivity index (χ1) is 13.8. The van der Waals surface area contributed by atoms with Gasteiger partial charge in [-0.05, 0) is 67.6 Å². The molecule has 152 valence electrons. The molecule has 2 aromatic carbocycles. The van der Waals surface area contributed by atoms with Crippen LogP contribution in [0.3, 0.4) is 0 Å². The molecule has 0 atom stereocenters. The van der Waals surface area contributed by atoms with Crippen LogP contribution < -0.4 is 10.2 Å². The Morgan fingerprint density at radius 2 is 1.97 bits per heavy atom. The zero-order valence-electron chi connectivity index (χ0n) is 17.3. The van der Waals surface area contributed by atoms with Crippen LogP contribution in [0.1, 0.15) is 58.5 Å². The van der Waals surface area contributed by atoms with Gasteiger partial charge >= 0.3 is 0 Å². The number of nitrogens with one attached hydrogen (secondary N) is 1. The van der Waals surface area contributed by atoms with Crippen LogP contribution in [0, 0.1) is 12.3 Å². The minimum absolute atomic E-state index is 0.0144. The van der Waals surface area contributed by atoms with E-state index in [1.54, 1.807) is 0 Å². The Labute approximate surface area is 171 Å². The van der Waals surface area contributed by atoms with Gasteiger partial charge in [0.2, 0.25) is 0 Å². The summed E-state index contributed by atoms with van der Waals surface area (Å²) in [5.74, 6) is 0.127. The van der Waals surface area contributed by atoms with E-state index in [0.29, 0.717) is 24.6 Å². The van der Waals surface area contributed by atoms with Crippen molar-refractivity contribution < 1.29 is 14.7 Å². The molecule has 0 aliphatic heterocycles. The monoisotopic (exact) mass is 392 g/mol. The maximum atomic E-state index is 12.6. The van der Waals surface area contributed by atoms with Crippen LogP contribution >= 0.6 is 0 Å². The quantitative estimate of drug-likeness (QED) is 0.785. The van der Waals surface area contributed by atoms with Crippen LogP contribution in [-0.4, -0.2) is 36.0 Å². The Bertz CT molecular complexity index is 976. The topological polar surface area (TPSA) is 69.6 Å². The molecular weight excluding hydrogens is 364 g/mol. The van der Waals surface area contributed by atoms with Crippen molar-refractivity contribution in [3.8, 4) is 0 Å². The van der Waals surface area contributed by atoms with Gasteiger partial charge in [0, 0.05) is 40.5 Å². The molecule has 0 spiro atoms. The number of carbonyl (C=O) groups is 2. The zero-order chi connectivity index (χ0) is 20.8. The van der Waals surface area contributed by atoms with Crippen molar-refractivity contribution >= 4 is 23.1 Å². The highest BCUT2D eigenvalue weighted by Gasteiger charge is 2.37. The molecule has 0 heterocycles. The molecule has 2 aliphatic rings. The van der Waals surface area contributed by atoms with Gasteiger partial charge in [0.05, 0.1) is 6.61 Å². The average Bonchev–Trinajstić information content (AvgIpc) is 3.46. The number of rotatable bonds is 6. The summed E-state index contributed by atoms with van der Waals surface area (Å²) in [5.41, 5.74) is 4.92. The van der Waals surface area contributed by atoms with Crippen molar-refractivity contribution in [2.75, 3.05) is 18.1 Å². The molecule has 2 aromatic rings. The van der Waals surface area contributed by atoms with Crippen LogP contribution in [0.5, 0.6) is 0 Å². The third kappa shape index (κ3) is 3.79. The number of fused-ring (bicyclic) bond motifs is 1. The minimum Gasteiger partial charge on any atom is -0.395 e. The average molecular weight is 392 g/mol. The van der Waals surface area contributed by atoms with Crippen molar-refractivity contribution in [1.29, 1.82) is 0 Å². The van der Waals surface area contributed by atoms with E-state index in [9.17, 15) is 14.7 Å². The number of Topliss-reactive ketones (excluding diaryl/α,β-unsaturated/α-hetero) is 1. The smallest absolute Gasteiger partial charge is 0.251 e. The number of ketones is 1. The van der Waals surface area contributed by atoms with E-state index in [-0.39, 0.29) is 23.7 Å². The Morgan fingerprint density at radius 1 is 1.21 bits per heavy atom. The largest absolute Gasteiger partial charge is 0.395 e. The van der Waals surface area contributed by atoms with Gasteiger partial charge in [0.15, 0.2) is 5.78 Å². The van der Waals surface area contributed by atoms with E-state index in [1.165, 1.54) is 0 Å². The molecule has 2 N–H and O–H groups in total. The van der Waals surface area contributed by atoms with E-state index in [0.717, 1.165) is 40.9 Å². The zero-order valence-corrected chi connectivity index (χ0v) is 17.3. The number of aryl methyl sites for hydroxylation is 1. The molecule has 4 rings (SSSR count). The first kappa shape index (κ1) is 19.6. The second-order valence-corrected chi connectivity index (χ2v) is 8.86. The summed E-state index contributed by atoms with van der Waals surface area (Å²) in [6, 6.07) is 11.9. The predicted octanol–water partition coefficient (Wildman–Crippen LogP) is 3.78. The maximum absolute atomic E-state index is 12.6. The van der Waals surface area contributed by atoms with Crippen LogP contribution in [0.15, 0.2) is 36.4 Å². The number of carbonyl (C=O) groups excluding carboxylic acids is 2. The summed E-state index contributed by atoms with van der Waals surface area (Å²) in [7, 11) is 0. The lowest BCUT2D eigenvalue weighted by atomic mass is 9.89. The second-order valence-electron chi connectivity index (χ2n) is 8.86. The molecule has 1 amide bonds. The summed E-state index contributed by atoms with van der Waals surface area (Å²) >= 11 is 0. The van der Waals surface area contributed by atoms with Gasteiger partial charge in [0.25, 0.3) is 5.91 Å². The number of hydrogen-bond acceptors (Lipinski definition) is 4. The highest BCUT2D eigenvalue weighted by atomic mass is 16.3. The molecule has 5 heteroatoms. The normalized spacial score (nSPS) is 17.2. The molecule has 1 fully saturated rings. The van der Waals surface area contributed by atoms with E-state index < -0.39 is 0 Å². The summed E-state index contributed by atoms with van der Waals surface area (Å²) < 4.78 is 0. The fourth-order valence-electron chi connectivity index (χ4n) is 4.06. The highest BCUT2D eigenvalue weighted by Crippen LogP contribution is 2.39. The maximum Gasteiger partial charge on any atom is 0.251 e.